The predicted octanol–water partition coefficient (Wildman–Crippen LogP) is 5.05. The van der Waals surface area contributed by atoms with E-state index in [1.165, 1.54) is 4.90 Å². The van der Waals surface area contributed by atoms with Gasteiger partial charge in [0.25, 0.3) is 11.8 Å². The molecular formula is C31H30N4O4. The molecular weight excluding hydrogens is 492 g/mol. The molecule has 39 heavy (non-hydrogen) atoms. The number of hydrogen-bond acceptors (Lipinski definition) is 4. The van der Waals surface area contributed by atoms with E-state index in [0.29, 0.717) is 35.9 Å². The fourth-order valence-corrected chi connectivity index (χ4v) is 5.63. The van der Waals surface area contributed by atoms with Crippen molar-refractivity contribution in [3.63, 3.8) is 0 Å². The summed E-state index contributed by atoms with van der Waals surface area (Å²) in [7, 11) is 1.61. The van der Waals surface area contributed by atoms with Crippen LogP contribution in [0.4, 0.5) is 10.5 Å². The number of amides is 4. The van der Waals surface area contributed by atoms with Gasteiger partial charge in [0.2, 0.25) is 0 Å². The van der Waals surface area contributed by atoms with E-state index in [0.717, 1.165) is 27.7 Å². The summed E-state index contributed by atoms with van der Waals surface area (Å²) in [5.41, 5.74) is 4.69. The lowest BCUT2D eigenvalue weighted by Gasteiger charge is -2.36. The zero-order valence-electron chi connectivity index (χ0n) is 22.1. The number of methoxy groups -OCH3 is 1. The van der Waals surface area contributed by atoms with Gasteiger partial charge in [-0.25, -0.2) is 9.69 Å². The third kappa shape index (κ3) is 4.12. The number of urea groups is 1. The van der Waals surface area contributed by atoms with Crippen LogP contribution in [0, 0.1) is 5.92 Å². The monoisotopic (exact) mass is 522 g/mol. The van der Waals surface area contributed by atoms with Crippen molar-refractivity contribution >= 4 is 34.4 Å². The number of ether oxygens (including phenoxy) is 1. The highest BCUT2D eigenvalue weighted by atomic mass is 16.5. The minimum atomic E-state index is -0.658. The molecule has 0 bridgehead atoms. The minimum absolute atomic E-state index is 0.185. The van der Waals surface area contributed by atoms with Crippen LogP contribution in [-0.2, 0) is 11.2 Å². The largest absolute Gasteiger partial charge is 0.497 e. The van der Waals surface area contributed by atoms with Crippen molar-refractivity contribution in [2.45, 2.75) is 32.4 Å². The van der Waals surface area contributed by atoms with Crippen LogP contribution in [0.1, 0.15) is 47.1 Å². The molecule has 3 heterocycles. The van der Waals surface area contributed by atoms with Crippen LogP contribution < -0.4 is 15.0 Å². The Morgan fingerprint density at radius 1 is 1.05 bits per heavy atom. The summed E-state index contributed by atoms with van der Waals surface area (Å²) < 4.78 is 5.48. The number of aromatic nitrogens is 1. The zero-order chi connectivity index (χ0) is 27.3. The SMILES string of the molecule is COc1cccc([C@H]2c3[nH]c4ccccc4c3C[C@H]3C(=O)N(c4ccc(C(=O)NCC(C)C)cc4)C(=O)N23)c1. The van der Waals surface area contributed by atoms with E-state index in [4.69, 9.17) is 4.74 Å². The number of para-hydroxylation sites is 1. The lowest BCUT2D eigenvalue weighted by atomic mass is 9.89. The number of fused-ring (bicyclic) bond motifs is 4. The van der Waals surface area contributed by atoms with E-state index in [1.54, 1.807) is 36.3 Å². The average molecular weight is 523 g/mol. The van der Waals surface area contributed by atoms with Crippen molar-refractivity contribution in [3.8, 4) is 5.75 Å². The molecule has 3 aromatic carbocycles. The number of nitrogens with one attached hydrogen (secondary N) is 2. The molecule has 1 aromatic heterocycles. The summed E-state index contributed by atoms with van der Waals surface area (Å²) in [6.07, 6.45) is 0.413. The molecule has 0 unspecified atom stereocenters. The second kappa shape index (κ2) is 9.62. The molecule has 1 saturated heterocycles. The average Bonchev–Trinajstić information content (AvgIpc) is 3.44. The van der Waals surface area contributed by atoms with Crippen LogP contribution in [0.2, 0.25) is 0 Å². The van der Waals surface area contributed by atoms with Crippen molar-refractivity contribution in [1.29, 1.82) is 0 Å². The van der Waals surface area contributed by atoms with Crippen LogP contribution in [0.15, 0.2) is 72.8 Å². The Bertz CT molecular complexity index is 1590. The molecule has 2 aliphatic rings. The summed E-state index contributed by atoms with van der Waals surface area (Å²) in [6.45, 7) is 4.63. The fraction of sp³-hybridized carbons (Fsp3) is 0.258. The highest BCUT2D eigenvalue weighted by molar-refractivity contribution is 6.22. The third-order valence-electron chi connectivity index (χ3n) is 7.52. The summed E-state index contributed by atoms with van der Waals surface area (Å²) in [6, 6.07) is 20.7. The number of rotatable bonds is 6. The molecule has 198 valence electrons. The van der Waals surface area contributed by atoms with Gasteiger partial charge < -0.3 is 15.0 Å². The maximum atomic E-state index is 14.0. The number of imide groups is 1. The van der Waals surface area contributed by atoms with Crippen LogP contribution in [-0.4, -0.2) is 47.4 Å². The smallest absolute Gasteiger partial charge is 0.332 e. The van der Waals surface area contributed by atoms with Crippen molar-refractivity contribution in [2.75, 3.05) is 18.6 Å². The Morgan fingerprint density at radius 3 is 2.56 bits per heavy atom. The van der Waals surface area contributed by atoms with Gasteiger partial charge in [0.1, 0.15) is 17.8 Å². The normalized spacial score (nSPS) is 18.5. The lowest BCUT2D eigenvalue weighted by Crippen LogP contribution is -2.44. The molecule has 2 N–H and O–H groups in total. The van der Waals surface area contributed by atoms with Gasteiger partial charge in [0.05, 0.1) is 12.8 Å². The molecule has 6 rings (SSSR count). The van der Waals surface area contributed by atoms with Crippen LogP contribution in [0.25, 0.3) is 10.9 Å². The predicted molar refractivity (Wildman–Crippen MR) is 149 cm³/mol. The number of aromatic amines is 1. The molecule has 8 heteroatoms. The minimum Gasteiger partial charge on any atom is -0.497 e. The summed E-state index contributed by atoms with van der Waals surface area (Å²) in [5, 5.41) is 3.94. The third-order valence-corrected chi connectivity index (χ3v) is 7.52. The molecule has 0 spiro atoms. The quantitative estimate of drug-likeness (QED) is 0.347. The van der Waals surface area contributed by atoms with Gasteiger partial charge in [-0.1, -0.05) is 44.2 Å². The molecule has 0 saturated carbocycles. The van der Waals surface area contributed by atoms with E-state index in [-0.39, 0.29) is 17.8 Å². The van der Waals surface area contributed by atoms with E-state index >= 15 is 0 Å². The Balaban J connectivity index is 1.39. The second-order valence-electron chi connectivity index (χ2n) is 10.5. The van der Waals surface area contributed by atoms with Crippen LogP contribution in [0.5, 0.6) is 5.75 Å². The molecule has 4 amide bonds. The van der Waals surface area contributed by atoms with E-state index in [1.807, 2.05) is 62.4 Å². The molecule has 4 aromatic rings. The highest BCUT2D eigenvalue weighted by Crippen LogP contribution is 2.45. The second-order valence-corrected chi connectivity index (χ2v) is 10.5. The number of H-pyrrole nitrogens is 1. The van der Waals surface area contributed by atoms with E-state index in [2.05, 4.69) is 10.3 Å². The highest BCUT2D eigenvalue weighted by Gasteiger charge is 2.53. The summed E-state index contributed by atoms with van der Waals surface area (Å²) in [5.74, 6) is 0.546. The number of benzene rings is 3. The Hall–Kier alpha value is -4.59. The number of nitrogens with zero attached hydrogens (tertiary/aromatic N) is 2. The van der Waals surface area contributed by atoms with Gasteiger partial charge in [0, 0.05) is 35.1 Å². The van der Waals surface area contributed by atoms with Gasteiger partial charge in [-0.05, 0) is 59.5 Å². The molecule has 0 radical (unpaired) electrons. The van der Waals surface area contributed by atoms with Gasteiger partial charge in [-0.2, -0.15) is 0 Å². The Labute approximate surface area is 226 Å². The van der Waals surface area contributed by atoms with Crippen LogP contribution in [0.3, 0.4) is 0 Å². The maximum Gasteiger partial charge on any atom is 0.332 e. The number of hydrogen-bond donors (Lipinski definition) is 2. The van der Waals surface area contributed by atoms with Crippen molar-refractivity contribution < 1.29 is 19.1 Å². The first-order chi connectivity index (χ1) is 18.9. The molecule has 8 nitrogen and oxygen atoms in total. The van der Waals surface area contributed by atoms with Crippen molar-refractivity contribution in [3.05, 3.63) is 95.2 Å². The zero-order valence-corrected chi connectivity index (χ0v) is 22.1. The van der Waals surface area contributed by atoms with Gasteiger partial charge in [0.15, 0.2) is 0 Å². The number of carbonyl (C=O) groups excluding carboxylic acids is 3. The topological polar surface area (TPSA) is 94.7 Å². The molecule has 0 aliphatic carbocycles. The molecule has 2 atom stereocenters. The van der Waals surface area contributed by atoms with Gasteiger partial charge >= 0.3 is 6.03 Å². The van der Waals surface area contributed by atoms with Crippen LogP contribution >= 0.6 is 0 Å². The van der Waals surface area contributed by atoms with Gasteiger partial charge in [-0.15, -0.1) is 0 Å². The van der Waals surface area contributed by atoms with E-state index in [9.17, 15) is 14.4 Å². The summed E-state index contributed by atoms with van der Waals surface area (Å²) >= 11 is 0. The first-order valence-electron chi connectivity index (χ1n) is 13.1. The first kappa shape index (κ1) is 24.7. The standard InChI is InChI=1S/C31H30N4O4/c1-18(2)17-32-29(36)19-11-13-21(14-12-19)34-30(37)26-16-24-23-9-4-5-10-25(23)33-27(24)28(35(26)31(34)38)20-7-6-8-22(15-20)39-3/h4-15,18,26,28,33H,16-17H2,1-3H3,(H,32,36)/t26-,28-/m0/s1. The summed E-state index contributed by atoms with van der Waals surface area (Å²) in [4.78, 5) is 46.8. The van der Waals surface area contributed by atoms with Crippen molar-refractivity contribution in [2.24, 2.45) is 5.92 Å². The van der Waals surface area contributed by atoms with Crippen molar-refractivity contribution in [1.82, 2.24) is 15.2 Å². The maximum absolute atomic E-state index is 14.0. The number of carbonyl (C=O) groups is 3. The number of anilines is 1. The Kier molecular flexibility index (Phi) is 6.10. The Morgan fingerprint density at radius 2 is 1.82 bits per heavy atom. The van der Waals surface area contributed by atoms with E-state index < -0.39 is 12.1 Å². The fourth-order valence-electron chi connectivity index (χ4n) is 5.63. The first-order valence-corrected chi connectivity index (χ1v) is 13.1. The lowest BCUT2D eigenvalue weighted by molar-refractivity contribution is -0.120. The molecule has 2 aliphatic heterocycles. The molecule has 1 fully saturated rings. The van der Waals surface area contributed by atoms with Gasteiger partial charge in [-0.3, -0.25) is 14.5 Å².